The summed E-state index contributed by atoms with van der Waals surface area (Å²) in [5.74, 6) is 0. The van der Waals surface area contributed by atoms with E-state index in [2.05, 4.69) is 349 Å². The molecule has 0 radical (unpaired) electrons. The predicted octanol–water partition coefficient (Wildman–Crippen LogP) is 22.2. The number of hydrogen-bond acceptors (Lipinski definition) is 0. The van der Waals surface area contributed by atoms with E-state index in [9.17, 15) is 0 Å². The number of rotatable bonds is 10. The van der Waals surface area contributed by atoms with Crippen molar-refractivity contribution < 1.29 is 0 Å². The molecule has 0 saturated carbocycles. The number of fused-ring (bicyclic) bond motifs is 9. The van der Waals surface area contributed by atoms with Crippen molar-refractivity contribution in [2.24, 2.45) is 0 Å². The van der Waals surface area contributed by atoms with Gasteiger partial charge in [-0.15, -0.1) is 0 Å². The monoisotopic (exact) mass is 1100 g/mol. The molecule has 0 aliphatic heterocycles. The molecule has 2 heterocycles. The molecule has 0 spiro atoms. The summed E-state index contributed by atoms with van der Waals surface area (Å²) in [6.45, 7) is 0. The van der Waals surface area contributed by atoms with Gasteiger partial charge in [-0.05, 0) is 155 Å². The van der Waals surface area contributed by atoms with Gasteiger partial charge in [-0.25, -0.2) is 0 Å². The lowest BCUT2D eigenvalue weighted by atomic mass is 9.65. The van der Waals surface area contributed by atoms with Crippen molar-refractivity contribution in [3.63, 3.8) is 0 Å². The van der Waals surface area contributed by atoms with Gasteiger partial charge < -0.3 is 9.13 Å². The van der Waals surface area contributed by atoms with Gasteiger partial charge in [0, 0.05) is 32.8 Å². The molecular formula is C85H56N2. The Morgan fingerprint density at radius 1 is 0.195 bits per heavy atom. The molecular weight excluding hydrogens is 1050 g/mol. The fourth-order valence-electron chi connectivity index (χ4n) is 14.5. The Balaban J connectivity index is 0.691. The second kappa shape index (κ2) is 20.5. The maximum Gasteiger partial charge on any atom is 0.0719 e. The number of nitrogens with zero attached hydrogens (tertiary/aromatic N) is 2. The van der Waals surface area contributed by atoms with E-state index in [-0.39, 0.29) is 0 Å². The van der Waals surface area contributed by atoms with Crippen molar-refractivity contribution in [2.75, 3.05) is 0 Å². The van der Waals surface area contributed by atoms with Gasteiger partial charge >= 0.3 is 0 Å². The van der Waals surface area contributed by atoms with E-state index in [1.807, 2.05) is 0 Å². The van der Waals surface area contributed by atoms with Gasteiger partial charge in [0.15, 0.2) is 0 Å². The molecule has 0 amide bonds. The zero-order valence-electron chi connectivity index (χ0n) is 47.7. The van der Waals surface area contributed by atoms with E-state index in [0.29, 0.717) is 0 Å². The Bertz CT molecular complexity index is 5250. The third kappa shape index (κ3) is 8.10. The molecule has 87 heavy (non-hydrogen) atoms. The van der Waals surface area contributed by atoms with Crippen LogP contribution in [0.4, 0.5) is 0 Å². The van der Waals surface area contributed by atoms with E-state index < -0.39 is 5.41 Å². The summed E-state index contributed by atoms with van der Waals surface area (Å²) in [4.78, 5) is 0. The van der Waals surface area contributed by atoms with Crippen molar-refractivity contribution in [3.8, 4) is 89.3 Å². The Morgan fingerprint density at radius 3 is 1.14 bits per heavy atom. The molecule has 0 fully saturated rings. The highest BCUT2D eigenvalue weighted by atomic mass is 15.0. The number of aromatic nitrogens is 2. The lowest BCUT2D eigenvalue weighted by Crippen LogP contribution is -2.29. The van der Waals surface area contributed by atoms with Gasteiger partial charge in [-0.1, -0.05) is 279 Å². The van der Waals surface area contributed by atoms with Crippen molar-refractivity contribution in [3.05, 3.63) is 362 Å². The average molecular weight is 1110 g/mol. The van der Waals surface area contributed by atoms with Gasteiger partial charge in [0.05, 0.1) is 33.2 Å². The maximum atomic E-state index is 2.46. The molecule has 2 aromatic heterocycles. The smallest absolute Gasteiger partial charge is 0.0719 e. The van der Waals surface area contributed by atoms with E-state index in [0.717, 1.165) is 11.4 Å². The SMILES string of the molecule is c1ccc(-c2ccc(-n3c4ccccc4c4cc(-c5ccc6c(c5)c5ccccc5n6-c5ccccc5-c5ccc(-c6ccc(-c7cccc(C8(c9ccccc9-c9ccccc9)c9ccccc9-c9ccccc98)c7)cc6)cc5)ccc43)cc2)cc1. The van der Waals surface area contributed by atoms with Crippen LogP contribution in [-0.2, 0) is 5.41 Å². The van der Waals surface area contributed by atoms with E-state index in [1.165, 1.54) is 144 Å². The molecule has 0 atom stereocenters. The molecule has 0 N–H and O–H groups in total. The second-order valence-corrected chi connectivity index (χ2v) is 23.1. The van der Waals surface area contributed by atoms with Crippen LogP contribution in [0.15, 0.2) is 340 Å². The van der Waals surface area contributed by atoms with Gasteiger partial charge in [-0.3, -0.25) is 0 Å². The molecule has 1 aliphatic carbocycles. The third-order valence-corrected chi connectivity index (χ3v) is 18.5. The van der Waals surface area contributed by atoms with Gasteiger partial charge in [0.1, 0.15) is 0 Å². The highest BCUT2D eigenvalue weighted by Crippen LogP contribution is 2.58. The Hall–Kier alpha value is -11.3. The number of benzene rings is 14. The topological polar surface area (TPSA) is 9.86 Å². The largest absolute Gasteiger partial charge is 0.309 e. The predicted molar refractivity (Wildman–Crippen MR) is 365 cm³/mol. The van der Waals surface area contributed by atoms with Crippen LogP contribution >= 0.6 is 0 Å². The van der Waals surface area contributed by atoms with E-state index in [1.54, 1.807) is 0 Å². The highest BCUT2D eigenvalue weighted by molar-refractivity contribution is 6.13. The van der Waals surface area contributed by atoms with Crippen LogP contribution in [-0.4, -0.2) is 9.13 Å². The van der Waals surface area contributed by atoms with Crippen molar-refractivity contribution in [2.45, 2.75) is 5.41 Å². The van der Waals surface area contributed by atoms with Crippen molar-refractivity contribution >= 4 is 43.6 Å². The van der Waals surface area contributed by atoms with Crippen LogP contribution in [0.5, 0.6) is 0 Å². The molecule has 2 nitrogen and oxygen atoms in total. The summed E-state index contributed by atoms with van der Waals surface area (Å²) in [5.41, 5.74) is 28.6. The highest BCUT2D eigenvalue weighted by Gasteiger charge is 2.47. The van der Waals surface area contributed by atoms with E-state index >= 15 is 0 Å². The average Bonchev–Trinajstić information content (AvgIpc) is 1.60. The lowest BCUT2D eigenvalue weighted by Gasteiger charge is -2.36. The summed E-state index contributed by atoms with van der Waals surface area (Å²) in [7, 11) is 0. The van der Waals surface area contributed by atoms with E-state index in [4.69, 9.17) is 0 Å². The van der Waals surface area contributed by atoms with Crippen LogP contribution in [0.3, 0.4) is 0 Å². The first-order valence-corrected chi connectivity index (χ1v) is 30.1. The van der Waals surface area contributed by atoms with Gasteiger partial charge in [-0.2, -0.15) is 0 Å². The molecule has 1 aliphatic rings. The van der Waals surface area contributed by atoms with Crippen LogP contribution in [0.1, 0.15) is 22.3 Å². The van der Waals surface area contributed by atoms with Crippen LogP contribution in [0.2, 0.25) is 0 Å². The van der Waals surface area contributed by atoms with Crippen LogP contribution in [0.25, 0.3) is 133 Å². The minimum absolute atomic E-state index is 0.541. The molecule has 406 valence electrons. The normalized spacial score (nSPS) is 12.5. The fraction of sp³-hybridized carbons (Fsp3) is 0.0118. The first-order valence-electron chi connectivity index (χ1n) is 30.1. The Morgan fingerprint density at radius 2 is 0.552 bits per heavy atom. The van der Waals surface area contributed by atoms with Gasteiger partial charge in [0.25, 0.3) is 0 Å². The first-order chi connectivity index (χ1) is 43.2. The minimum atomic E-state index is -0.541. The molecule has 2 heteroatoms. The van der Waals surface area contributed by atoms with Crippen LogP contribution < -0.4 is 0 Å². The number of para-hydroxylation sites is 3. The molecule has 0 saturated heterocycles. The standard InChI is InChI=1S/C85H56N2/c1-3-20-57(21-4-1)60-46-50-68(51-47-60)86-81-36-17-11-30-73(81)75-55-65(48-52-83(75)86)66-49-53-84-76(56-66)74-31-12-18-37-82(74)87(84)80-35-16-10-27-70(80)63-44-42-59(43-45-63)58-38-40-61(41-39-58)64-24-19-25-67(54-64)85(77-32-13-7-26-69(77)62-22-5-2-6-23-62)78-33-14-8-28-71(78)72-29-9-15-34-79(72)85/h1-56H. The minimum Gasteiger partial charge on any atom is -0.309 e. The zero-order chi connectivity index (χ0) is 57.4. The van der Waals surface area contributed by atoms with Crippen molar-refractivity contribution in [1.82, 2.24) is 9.13 Å². The summed E-state index contributed by atoms with van der Waals surface area (Å²) in [5, 5.41) is 4.94. The van der Waals surface area contributed by atoms with Crippen LogP contribution in [0, 0.1) is 0 Å². The number of hydrogen-bond donors (Lipinski definition) is 0. The quantitative estimate of drug-likeness (QED) is 0.129. The molecule has 17 rings (SSSR count). The Kier molecular flexibility index (Phi) is 11.8. The first kappa shape index (κ1) is 50.2. The van der Waals surface area contributed by atoms with Crippen molar-refractivity contribution in [1.29, 1.82) is 0 Å². The Labute approximate surface area is 506 Å². The fourth-order valence-corrected chi connectivity index (χ4v) is 14.5. The van der Waals surface area contributed by atoms with Gasteiger partial charge in [0.2, 0.25) is 0 Å². The zero-order valence-corrected chi connectivity index (χ0v) is 47.7. The molecule has 0 bridgehead atoms. The summed E-state index contributed by atoms with van der Waals surface area (Å²) < 4.78 is 4.86. The summed E-state index contributed by atoms with van der Waals surface area (Å²) in [6.07, 6.45) is 0. The molecule has 16 aromatic rings. The summed E-state index contributed by atoms with van der Waals surface area (Å²) in [6, 6.07) is 126. The second-order valence-electron chi connectivity index (χ2n) is 23.1. The summed E-state index contributed by atoms with van der Waals surface area (Å²) >= 11 is 0. The third-order valence-electron chi connectivity index (χ3n) is 18.5. The molecule has 0 unspecified atom stereocenters. The maximum absolute atomic E-state index is 2.46. The lowest BCUT2D eigenvalue weighted by molar-refractivity contribution is 0.771. The molecule has 14 aromatic carbocycles.